The Bertz CT molecular complexity index is 1060. The number of aliphatic hydroxyl groups excluding tert-OH is 5. The van der Waals surface area contributed by atoms with Gasteiger partial charge in [-0.05, 0) is 12.8 Å². The summed E-state index contributed by atoms with van der Waals surface area (Å²) in [5.74, 6) is -0.180. The third-order valence-electron chi connectivity index (χ3n) is 14.4. The number of carbonyl (C=O) groups is 1. The molecule has 1 heterocycles. The van der Waals surface area contributed by atoms with Gasteiger partial charge in [0.25, 0.3) is 0 Å². The van der Waals surface area contributed by atoms with Gasteiger partial charge in [0, 0.05) is 6.42 Å². The van der Waals surface area contributed by atoms with Crippen molar-refractivity contribution in [3.05, 3.63) is 12.2 Å². The highest BCUT2D eigenvalue weighted by Crippen LogP contribution is 2.23. The molecule has 0 aromatic heterocycles. The molecule has 6 N–H and O–H groups in total. The number of hydrogen-bond acceptors (Lipinski definition) is 8. The Hall–Kier alpha value is -1.07. The Balaban J connectivity index is 1.87. The Labute approximate surface area is 414 Å². The maximum Gasteiger partial charge on any atom is 0.220 e. The first-order valence-electron chi connectivity index (χ1n) is 29.4. The Kier molecular flexibility index (Phi) is 46.3. The molecule has 67 heavy (non-hydrogen) atoms. The molecule has 0 aromatic carbocycles. The number of carbonyl (C=O) groups excluding carboxylic acids is 1. The van der Waals surface area contributed by atoms with E-state index in [0.29, 0.717) is 6.42 Å². The lowest BCUT2D eigenvalue weighted by Gasteiger charge is -2.40. The molecule has 1 fully saturated rings. The molecule has 9 nitrogen and oxygen atoms in total. The van der Waals surface area contributed by atoms with E-state index in [2.05, 4.69) is 19.2 Å². The van der Waals surface area contributed by atoms with Gasteiger partial charge in [0.2, 0.25) is 5.91 Å². The van der Waals surface area contributed by atoms with Crippen molar-refractivity contribution in [3.8, 4) is 0 Å². The summed E-state index contributed by atoms with van der Waals surface area (Å²) in [7, 11) is 0. The van der Waals surface area contributed by atoms with Gasteiger partial charge < -0.3 is 40.3 Å². The minimum atomic E-state index is -1.56. The van der Waals surface area contributed by atoms with Crippen molar-refractivity contribution in [2.75, 3.05) is 13.2 Å². The van der Waals surface area contributed by atoms with Crippen molar-refractivity contribution in [1.29, 1.82) is 0 Å². The van der Waals surface area contributed by atoms with Crippen LogP contribution in [0.1, 0.15) is 296 Å². The van der Waals surface area contributed by atoms with Gasteiger partial charge >= 0.3 is 0 Å². The topological polar surface area (TPSA) is 149 Å². The van der Waals surface area contributed by atoms with Gasteiger partial charge in [0.05, 0.1) is 25.4 Å². The molecule has 1 rings (SSSR count). The summed E-state index contributed by atoms with van der Waals surface area (Å²) in [5, 5.41) is 53.7. The zero-order valence-electron chi connectivity index (χ0n) is 44.2. The van der Waals surface area contributed by atoms with Gasteiger partial charge in [-0.15, -0.1) is 0 Å². The molecule has 7 atom stereocenters. The Morgan fingerprint density at radius 1 is 0.493 bits per heavy atom. The summed E-state index contributed by atoms with van der Waals surface area (Å²) in [6.45, 7) is 3.65. The monoisotopic (exact) mass is 952 g/mol. The summed E-state index contributed by atoms with van der Waals surface area (Å²) in [5.41, 5.74) is 0. The van der Waals surface area contributed by atoms with Crippen molar-refractivity contribution >= 4 is 5.91 Å². The molecule has 0 saturated carbocycles. The lowest BCUT2D eigenvalue weighted by molar-refractivity contribution is -0.302. The smallest absolute Gasteiger partial charge is 0.220 e. The van der Waals surface area contributed by atoms with E-state index in [1.165, 1.54) is 238 Å². The van der Waals surface area contributed by atoms with Crippen LogP contribution in [0, 0.1) is 0 Å². The first-order valence-corrected chi connectivity index (χ1v) is 29.4. The van der Waals surface area contributed by atoms with Crippen molar-refractivity contribution in [3.63, 3.8) is 0 Å². The molecule has 1 aliphatic heterocycles. The van der Waals surface area contributed by atoms with Crippen LogP contribution in [0.15, 0.2) is 12.2 Å². The van der Waals surface area contributed by atoms with Crippen molar-refractivity contribution in [2.24, 2.45) is 0 Å². The SMILES string of the molecule is CCCC/C=C/C(O)C(COC1OC(CO)C(O)C(O)C1O)NC(=O)CCCCCCCCCCCCCCCCCCCCCCCCCCCCCCCCCCCCCCCCCC. The van der Waals surface area contributed by atoms with Crippen LogP contribution in [0.5, 0.6) is 0 Å². The van der Waals surface area contributed by atoms with Crippen LogP contribution in [-0.4, -0.2) is 87.5 Å². The van der Waals surface area contributed by atoms with Gasteiger partial charge in [-0.2, -0.15) is 0 Å². The molecule has 0 radical (unpaired) electrons. The van der Waals surface area contributed by atoms with Gasteiger partial charge in [0.15, 0.2) is 6.29 Å². The van der Waals surface area contributed by atoms with Crippen LogP contribution in [0.25, 0.3) is 0 Å². The molecule has 0 aliphatic carbocycles. The second kappa shape index (κ2) is 48.6. The van der Waals surface area contributed by atoms with Crippen LogP contribution >= 0.6 is 0 Å². The lowest BCUT2D eigenvalue weighted by Crippen LogP contribution is -2.60. The summed E-state index contributed by atoms with van der Waals surface area (Å²) < 4.78 is 11.1. The van der Waals surface area contributed by atoms with Crippen LogP contribution in [0.4, 0.5) is 0 Å². The van der Waals surface area contributed by atoms with Crippen LogP contribution in [0.3, 0.4) is 0 Å². The summed E-state index contributed by atoms with van der Waals surface area (Å²) in [6.07, 6.45) is 54.2. The third kappa shape index (κ3) is 38.3. The maximum atomic E-state index is 12.8. The normalized spacial score (nSPS) is 19.7. The predicted octanol–water partition coefficient (Wildman–Crippen LogP) is 14.4. The zero-order valence-corrected chi connectivity index (χ0v) is 44.2. The lowest BCUT2D eigenvalue weighted by atomic mass is 9.99. The molecule has 0 bridgehead atoms. The summed E-state index contributed by atoms with van der Waals surface area (Å²) in [4.78, 5) is 12.8. The minimum Gasteiger partial charge on any atom is -0.394 e. The molecule has 0 spiro atoms. The number of rotatable bonds is 51. The standard InChI is InChI=1S/C58H113NO8/c1-3-5-7-9-10-11-12-13-14-15-16-17-18-19-20-21-22-23-24-25-26-27-28-29-30-31-32-33-34-35-36-37-38-39-40-41-42-43-44-46-48-54(62)59-51(52(61)47-45-8-6-4-2)50-66-58-57(65)56(64)55(63)53(49-60)67-58/h45,47,51-53,55-58,60-61,63-65H,3-44,46,48-50H2,1-2H3,(H,59,62)/b47-45+. The van der Waals surface area contributed by atoms with Crippen molar-refractivity contribution in [1.82, 2.24) is 5.32 Å². The highest BCUT2D eigenvalue weighted by Gasteiger charge is 2.44. The minimum absolute atomic E-state index is 0.180. The van der Waals surface area contributed by atoms with Gasteiger partial charge in [-0.3, -0.25) is 4.79 Å². The number of allylic oxidation sites excluding steroid dienone is 1. The largest absolute Gasteiger partial charge is 0.394 e. The first-order chi connectivity index (χ1) is 32.8. The van der Waals surface area contributed by atoms with E-state index < -0.39 is 49.5 Å². The van der Waals surface area contributed by atoms with E-state index in [1.54, 1.807) is 6.08 Å². The quantitative estimate of drug-likeness (QED) is 0.0261. The zero-order chi connectivity index (χ0) is 48.7. The molecule has 0 aromatic rings. The van der Waals surface area contributed by atoms with Crippen LogP contribution in [-0.2, 0) is 14.3 Å². The van der Waals surface area contributed by atoms with E-state index in [4.69, 9.17) is 9.47 Å². The molecular formula is C58H113NO8. The molecule has 9 heteroatoms. The molecule has 398 valence electrons. The predicted molar refractivity (Wildman–Crippen MR) is 281 cm³/mol. The maximum absolute atomic E-state index is 12.8. The fraction of sp³-hybridized carbons (Fsp3) is 0.948. The number of nitrogens with one attached hydrogen (secondary N) is 1. The average molecular weight is 953 g/mol. The highest BCUT2D eigenvalue weighted by molar-refractivity contribution is 5.76. The number of amides is 1. The third-order valence-corrected chi connectivity index (χ3v) is 14.4. The Morgan fingerprint density at radius 2 is 0.821 bits per heavy atom. The molecule has 1 aliphatic rings. The van der Waals surface area contributed by atoms with Gasteiger partial charge in [-0.1, -0.05) is 289 Å². The van der Waals surface area contributed by atoms with E-state index in [-0.39, 0.29) is 12.5 Å². The number of hydrogen-bond donors (Lipinski definition) is 6. The molecular weight excluding hydrogens is 839 g/mol. The van der Waals surface area contributed by atoms with Gasteiger partial charge in [-0.25, -0.2) is 0 Å². The van der Waals surface area contributed by atoms with Crippen LogP contribution in [0.2, 0.25) is 0 Å². The summed E-state index contributed by atoms with van der Waals surface area (Å²) in [6, 6.07) is -0.796. The van der Waals surface area contributed by atoms with E-state index in [1.807, 2.05) is 6.08 Å². The van der Waals surface area contributed by atoms with E-state index >= 15 is 0 Å². The number of ether oxygens (including phenoxy) is 2. The highest BCUT2D eigenvalue weighted by atomic mass is 16.7. The average Bonchev–Trinajstić information content (AvgIpc) is 3.33. The molecule has 7 unspecified atom stereocenters. The van der Waals surface area contributed by atoms with Crippen molar-refractivity contribution < 1.29 is 39.8 Å². The Morgan fingerprint density at radius 3 is 1.15 bits per heavy atom. The molecule has 1 amide bonds. The van der Waals surface area contributed by atoms with E-state index in [0.717, 1.165) is 38.5 Å². The molecule has 1 saturated heterocycles. The number of unbranched alkanes of at least 4 members (excludes halogenated alkanes) is 41. The van der Waals surface area contributed by atoms with Crippen LogP contribution < -0.4 is 5.32 Å². The number of aliphatic hydroxyl groups is 5. The van der Waals surface area contributed by atoms with Crippen molar-refractivity contribution in [2.45, 2.75) is 339 Å². The van der Waals surface area contributed by atoms with Gasteiger partial charge in [0.1, 0.15) is 24.4 Å². The summed E-state index contributed by atoms with van der Waals surface area (Å²) >= 11 is 0. The van der Waals surface area contributed by atoms with E-state index in [9.17, 15) is 30.3 Å². The second-order valence-corrected chi connectivity index (χ2v) is 20.8. The second-order valence-electron chi connectivity index (χ2n) is 20.8. The fourth-order valence-electron chi connectivity index (χ4n) is 9.68. The first kappa shape index (κ1) is 63.9. The fourth-order valence-corrected chi connectivity index (χ4v) is 9.68.